The van der Waals surface area contributed by atoms with E-state index in [1.54, 1.807) is 21.6 Å². The van der Waals surface area contributed by atoms with E-state index in [0.717, 1.165) is 5.75 Å². The minimum atomic E-state index is -3.07. The fourth-order valence-electron chi connectivity index (χ4n) is 1.06. The summed E-state index contributed by atoms with van der Waals surface area (Å²) >= 11 is 1.53. The van der Waals surface area contributed by atoms with E-state index in [1.807, 2.05) is 34.0 Å². The van der Waals surface area contributed by atoms with Gasteiger partial charge >= 0.3 is 7.60 Å². The summed E-state index contributed by atoms with van der Waals surface area (Å²) in [6, 6.07) is 0. The Hall–Kier alpha value is 1.20. The van der Waals surface area contributed by atoms with E-state index in [1.165, 1.54) is 11.8 Å². The summed E-state index contributed by atoms with van der Waals surface area (Å²) in [5, 5.41) is 0. The summed E-state index contributed by atoms with van der Waals surface area (Å²) in [4.78, 5) is 0. The monoisotopic (exact) mass is 318 g/mol. The molecule has 0 rings (SSSR count). The van der Waals surface area contributed by atoms with Crippen molar-refractivity contribution in [1.29, 1.82) is 0 Å². The van der Waals surface area contributed by atoms with Crippen molar-refractivity contribution in [1.82, 2.24) is 0 Å². The van der Waals surface area contributed by atoms with E-state index in [0.29, 0.717) is 0 Å². The zero-order valence-electron chi connectivity index (χ0n) is 11.3. The van der Waals surface area contributed by atoms with Crippen molar-refractivity contribution in [2.45, 2.75) is 51.1 Å². The predicted molar refractivity (Wildman–Crippen MR) is 83.1 cm³/mol. The van der Waals surface area contributed by atoms with Crippen LogP contribution in [-0.4, -0.2) is 28.5 Å². The molecule has 0 heterocycles. The molecule has 0 aromatic heterocycles. The van der Waals surface area contributed by atoms with Gasteiger partial charge in [0.25, 0.3) is 0 Å². The highest BCUT2D eigenvalue weighted by Gasteiger charge is 2.38. The van der Waals surface area contributed by atoms with Gasteiger partial charge in [-0.05, 0) is 34.0 Å². The maximum atomic E-state index is 12.8. The third kappa shape index (κ3) is 7.38. The van der Waals surface area contributed by atoms with Crippen LogP contribution in [0.15, 0.2) is 0 Å². The highest BCUT2D eigenvalue weighted by Crippen LogP contribution is 2.64. The molecule has 0 saturated heterocycles. The quantitative estimate of drug-likeness (QED) is 0.335. The largest absolute Gasteiger partial charge is 0.354 e. The van der Waals surface area contributed by atoms with Crippen LogP contribution in [0.2, 0.25) is 0 Å². The lowest BCUT2D eigenvalue weighted by atomic mass is 10.5. The van der Waals surface area contributed by atoms with E-state index >= 15 is 0 Å². The van der Waals surface area contributed by atoms with Crippen molar-refractivity contribution in [2.24, 2.45) is 0 Å². The molecule has 0 spiro atoms. The Balaban J connectivity index is 4.78. The Morgan fingerprint density at radius 1 is 1.12 bits per heavy atom. The second kappa shape index (κ2) is 9.16. The summed E-state index contributed by atoms with van der Waals surface area (Å²) in [6.45, 7) is 9.60. The fourth-order valence-corrected chi connectivity index (χ4v) is 8.56. The lowest BCUT2D eigenvalue weighted by Crippen LogP contribution is -2.13. The molecule has 0 aromatic rings. The average molecular weight is 318 g/mol. The molecule has 0 aliphatic carbocycles. The third-order valence-corrected chi connectivity index (χ3v) is 10.2. The molecule has 0 radical (unpaired) electrons. The molecule has 0 aliphatic rings. The standard InChI is InChI=1S/C10H23O3PS3/c1-7-16-17-10(15-6)14(11,12-8(2)3)13-9(4)5/h8-10H,7H2,1-6H3. The molecule has 0 aromatic carbocycles. The van der Waals surface area contributed by atoms with Gasteiger partial charge in [-0.25, -0.2) is 0 Å². The van der Waals surface area contributed by atoms with E-state index in [4.69, 9.17) is 9.05 Å². The summed E-state index contributed by atoms with van der Waals surface area (Å²) in [6.07, 6.45) is 1.75. The topological polar surface area (TPSA) is 35.5 Å². The van der Waals surface area contributed by atoms with Crippen molar-refractivity contribution in [2.75, 3.05) is 12.0 Å². The zero-order chi connectivity index (χ0) is 13.5. The Morgan fingerprint density at radius 2 is 1.59 bits per heavy atom. The van der Waals surface area contributed by atoms with E-state index in [9.17, 15) is 4.57 Å². The van der Waals surface area contributed by atoms with Crippen LogP contribution in [0.1, 0.15) is 34.6 Å². The molecule has 0 amide bonds. The van der Waals surface area contributed by atoms with Crippen molar-refractivity contribution in [3.8, 4) is 0 Å². The molecule has 0 N–H and O–H groups in total. The van der Waals surface area contributed by atoms with Crippen LogP contribution in [0.25, 0.3) is 0 Å². The fraction of sp³-hybridized carbons (Fsp3) is 1.00. The lowest BCUT2D eigenvalue weighted by Gasteiger charge is -2.27. The normalized spacial score (nSPS) is 14.6. The van der Waals surface area contributed by atoms with E-state index < -0.39 is 7.60 Å². The first-order chi connectivity index (χ1) is 7.85. The molecule has 0 fully saturated rings. The minimum Gasteiger partial charge on any atom is -0.304 e. The van der Waals surface area contributed by atoms with Crippen molar-refractivity contribution in [3.63, 3.8) is 0 Å². The molecule has 3 nitrogen and oxygen atoms in total. The smallest absolute Gasteiger partial charge is 0.304 e. The first-order valence-corrected chi connectivity index (χ1v) is 10.9. The van der Waals surface area contributed by atoms with Crippen LogP contribution >= 0.6 is 40.9 Å². The first kappa shape index (κ1) is 18.2. The Morgan fingerprint density at radius 3 is 1.88 bits per heavy atom. The highest BCUT2D eigenvalue weighted by atomic mass is 33.1. The van der Waals surface area contributed by atoms with Crippen LogP contribution in [0.3, 0.4) is 0 Å². The lowest BCUT2D eigenvalue weighted by molar-refractivity contribution is 0.144. The Kier molecular flexibility index (Phi) is 9.81. The number of hydrogen-bond donors (Lipinski definition) is 0. The molecule has 0 aliphatic heterocycles. The number of rotatable bonds is 9. The summed E-state index contributed by atoms with van der Waals surface area (Å²) in [5.74, 6) is 0.977. The second-order valence-corrected chi connectivity index (χ2v) is 10.6. The van der Waals surface area contributed by atoms with Crippen LogP contribution in [-0.2, 0) is 13.6 Å². The molecular weight excluding hydrogens is 295 g/mol. The van der Waals surface area contributed by atoms with Gasteiger partial charge in [0.2, 0.25) is 0 Å². The van der Waals surface area contributed by atoms with E-state index in [-0.39, 0.29) is 16.5 Å². The van der Waals surface area contributed by atoms with Crippen LogP contribution in [0.4, 0.5) is 0 Å². The summed E-state index contributed by atoms with van der Waals surface area (Å²) in [5.41, 5.74) is 0. The zero-order valence-corrected chi connectivity index (χ0v) is 14.7. The molecule has 0 bridgehead atoms. The maximum Gasteiger partial charge on any atom is 0.354 e. The van der Waals surface area contributed by atoms with Gasteiger partial charge in [0.1, 0.15) is 0 Å². The van der Waals surface area contributed by atoms with Gasteiger partial charge in [0.05, 0.1) is 12.2 Å². The van der Waals surface area contributed by atoms with Crippen molar-refractivity contribution < 1.29 is 13.6 Å². The molecular formula is C10H23O3PS3. The molecule has 0 saturated carbocycles. The van der Waals surface area contributed by atoms with Gasteiger partial charge in [-0.1, -0.05) is 28.5 Å². The SMILES string of the molecule is CCSSC(SC)P(=O)(OC(C)C)OC(C)C. The van der Waals surface area contributed by atoms with Crippen LogP contribution < -0.4 is 0 Å². The first-order valence-electron chi connectivity index (χ1n) is 5.63. The van der Waals surface area contributed by atoms with Crippen LogP contribution in [0.5, 0.6) is 0 Å². The van der Waals surface area contributed by atoms with Crippen molar-refractivity contribution in [3.05, 3.63) is 0 Å². The average Bonchev–Trinajstić information content (AvgIpc) is 2.15. The minimum absolute atomic E-state index is 0.0959. The molecule has 1 atom stereocenters. The maximum absolute atomic E-state index is 12.8. The highest BCUT2D eigenvalue weighted by molar-refractivity contribution is 8.79. The molecule has 1 unspecified atom stereocenters. The summed E-state index contributed by atoms with van der Waals surface area (Å²) < 4.78 is 23.8. The Labute approximate surface area is 117 Å². The molecule has 104 valence electrons. The van der Waals surface area contributed by atoms with Gasteiger partial charge in [0, 0.05) is 5.75 Å². The predicted octanol–water partition coefficient (Wildman–Crippen LogP) is 5.08. The van der Waals surface area contributed by atoms with Crippen molar-refractivity contribution >= 4 is 40.9 Å². The molecule has 17 heavy (non-hydrogen) atoms. The van der Waals surface area contributed by atoms with Gasteiger partial charge in [-0.2, -0.15) is 0 Å². The summed E-state index contributed by atoms with van der Waals surface area (Å²) in [7, 11) is 0.198. The van der Waals surface area contributed by atoms with Gasteiger partial charge < -0.3 is 9.05 Å². The Bertz CT molecular complexity index is 235. The third-order valence-electron chi connectivity index (χ3n) is 1.44. The van der Waals surface area contributed by atoms with Gasteiger partial charge in [-0.3, -0.25) is 4.57 Å². The number of hydrogen-bond acceptors (Lipinski definition) is 6. The molecule has 7 heteroatoms. The number of thioether (sulfide) groups is 1. The van der Waals surface area contributed by atoms with Gasteiger partial charge in [0.15, 0.2) is 4.32 Å². The van der Waals surface area contributed by atoms with E-state index in [2.05, 4.69) is 6.92 Å². The van der Waals surface area contributed by atoms with Crippen LogP contribution in [0, 0.1) is 0 Å². The second-order valence-electron chi connectivity index (χ2n) is 3.89. The van der Waals surface area contributed by atoms with Gasteiger partial charge in [-0.15, -0.1) is 11.8 Å².